The number of ether oxygens (including phenoxy) is 1. The van der Waals surface area contributed by atoms with E-state index in [-0.39, 0.29) is 0 Å². The second kappa shape index (κ2) is 4.87. The average Bonchev–Trinajstić information content (AvgIpc) is 3.04. The molecule has 0 radical (unpaired) electrons. The highest BCUT2D eigenvalue weighted by Crippen LogP contribution is 2.34. The van der Waals surface area contributed by atoms with Crippen molar-refractivity contribution in [3.05, 3.63) is 28.7 Å². The molecule has 0 aliphatic heterocycles. The molecule has 1 atom stereocenters. The van der Waals surface area contributed by atoms with Crippen LogP contribution >= 0.6 is 15.9 Å². The van der Waals surface area contributed by atoms with Gasteiger partial charge in [-0.3, -0.25) is 0 Å². The summed E-state index contributed by atoms with van der Waals surface area (Å²) in [4.78, 5) is 11.0. The van der Waals surface area contributed by atoms with E-state index in [9.17, 15) is 4.79 Å². The van der Waals surface area contributed by atoms with Crippen LogP contribution in [0, 0.1) is 5.92 Å². The second-order valence-corrected chi connectivity index (χ2v) is 4.99. The zero-order valence-electron chi connectivity index (χ0n) is 8.73. The average molecular weight is 285 g/mol. The minimum atomic E-state index is -0.880. The van der Waals surface area contributed by atoms with E-state index < -0.39 is 12.1 Å². The molecule has 0 aromatic heterocycles. The monoisotopic (exact) mass is 284 g/mol. The van der Waals surface area contributed by atoms with Gasteiger partial charge in [0, 0.05) is 4.47 Å². The highest BCUT2D eigenvalue weighted by molar-refractivity contribution is 9.10. The second-order valence-electron chi connectivity index (χ2n) is 4.08. The van der Waals surface area contributed by atoms with E-state index in [2.05, 4.69) is 15.9 Å². The summed E-state index contributed by atoms with van der Waals surface area (Å²) in [5.74, 6) is 0.266. The largest absolute Gasteiger partial charge is 0.479 e. The van der Waals surface area contributed by atoms with Gasteiger partial charge in [0.15, 0.2) is 6.10 Å². The molecule has 1 aliphatic rings. The van der Waals surface area contributed by atoms with Gasteiger partial charge in [0.2, 0.25) is 0 Å². The van der Waals surface area contributed by atoms with Crippen molar-refractivity contribution in [3.63, 3.8) is 0 Å². The van der Waals surface area contributed by atoms with Crippen LogP contribution in [0.25, 0.3) is 0 Å². The highest BCUT2D eigenvalue weighted by atomic mass is 79.9. The molecule has 16 heavy (non-hydrogen) atoms. The fraction of sp³-hybridized carbons (Fsp3) is 0.417. The van der Waals surface area contributed by atoms with Gasteiger partial charge in [-0.05, 0) is 36.6 Å². The third-order valence-corrected chi connectivity index (χ3v) is 3.14. The van der Waals surface area contributed by atoms with Gasteiger partial charge in [0.05, 0.1) is 0 Å². The lowest BCUT2D eigenvalue weighted by Gasteiger charge is -2.14. The molecule has 0 amide bonds. The standard InChI is InChI=1S/C12H13BrO3/c13-9-3-5-10(6-4-9)16-11(12(14)15)7-8-1-2-8/h3-6,8,11H,1-2,7H2,(H,14,15)/t11-/m0/s1. The van der Waals surface area contributed by atoms with Crippen LogP contribution in [-0.2, 0) is 4.79 Å². The van der Waals surface area contributed by atoms with Crippen LogP contribution in [0.4, 0.5) is 0 Å². The molecule has 0 spiro atoms. The molecule has 0 bridgehead atoms. The predicted molar refractivity (Wildman–Crippen MR) is 63.5 cm³/mol. The number of hydrogen-bond acceptors (Lipinski definition) is 2. The topological polar surface area (TPSA) is 46.5 Å². The summed E-state index contributed by atoms with van der Waals surface area (Å²) < 4.78 is 6.41. The summed E-state index contributed by atoms with van der Waals surface area (Å²) >= 11 is 3.32. The zero-order chi connectivity index (χ0) is 11.5. The quantitative estimate of drug-likeness (QED) is 0.904. The Morgan fingerprint density at radius 1 is 1.44 bits per heavy atom. The van der Waals surface area contributed by atoms with E-state index in [1.807, 2.05) is 12.1 Å². The number of halogens is 1. The Balaban J connectivity index is 1.98. The first-order valence-corrected chi connectivity index (χ1v) is 6.09. The van der Waals surface area contributed by atoms with Gasteiger partial charge in [-0.2, -0.15) is 0 Å². The van der Waals surface area contributed by atoms with Crippen molar-refractivity contribution < 1.29 is 14.6 Å². The van der Waals surface area contributed by atoms with Gasteiger partial charge in [-0.15, -0.1) is 0 Å². The van der Waals surface area contributed by atoms with Gasteiger partial charge in [-0.25, -0.2) is 4.79 Å². The smallest absolute Gasteiger partial charge is 0.344 e. The fourth-order valence-electron chi connectivity index (χ4n) is 1.53. The van der Waals surface area contributed by atoms with Crippen LogP contribution in [0.5, 0.6) is 5.75 Å². The Morgan fingerprint density at radius 3 is 2.56 bits per heavy atom. The number of aliphatic carboxylic acids is 1. The number of carboxylic acid groups (broad SMARTS) is 1. The van der Waals surface area contributed by atoms with Gasteiger partial charge in [0.25, 0.3) is 0 Å². The molecular weight excluding hydrogens is 272 g/mol. The molecule has 0 unspecified atom stereocenters. The number of benzene rings is 1. The van der Waals surface area contributed by atoms with Crippen LogP contribution in [0.1, 0.15) is 19.3 Å². The zero-order valence-corrected chi connectivity index (χ0v) is 10.3. The van der Waals surface area contributed by atoms with Crippen LogP contribution in [0.3, 0.4) is 0 Å². The first kappa shape index (κ1) is 11.5. The van der Waals surface area contributed by atoms with Crippen LogP contribution < -0.4 is 4.74 Å². The van der Waals surface area contributed by atoms with Crippen molar-refractivity contribution in [2.45, 2.75) is 25.4 Å². The third kappa shape index (κ3) is 3.23. The SMILES string of the molecule is O=C(O)[C@H](CC1CC1)Oc1ccc(Br)cc1. The molecule has 2 rings (SSSR count). The molecule has 3 nitrogen and oxygen atoms in total. The summed E-state index contributed by atoms with van der Waals surface area (Å²) in [6, 6.07) is 7.22. The lowest BCUT2D eigenvalue weighted by molar-refractivity contribution is -0.145. The van der Waals surface area contributed by atoms with Gasteiger partial charge in [-0.1, -0.05) is 28.8 Å². The van der Waals surface area contributed by atoms with Gasteiger partial charge in [0.1, 0.15) is 5.75 Å². The normalized spacial score (nSPS) is 16.8. The Bertz CT molecular complexity index is 370. The van der Waals surface area contributed by atoms with Crippen LogP contribution in [-0.4, -0.2) is 17.2 Å². The van der Waals surface area contributed by atoms with Crippen LogP contribution in [0.15, 0.2) is 28.7 Å². The number of rotatable bonds is 5. The molecule has 1 saturated carbocycles. The summed E-state index contributed by atoms with van der Waals surface area (Å²) in [6.45, 7) is 0. The van der Waals surface area contributed by atoms with E-state index in [0.717, 1.165) is 17.3 Å². The molecule has 0 saturated heterocycles. The molecule has 1 aliphatic carbocycles. The summed E-state index contributed by atoms with van der Waals surface area (Å²) in [5.41, 5.74) is 0. The maximum atomic E-state index is 11.0. The van der Waals surface area contributed by atoms with Crippen molar-refractivity contribution in [1.82, 2.24) is 0 Å². The van der Waals surface area contributed by atoms with E-state index in [1.54, 1.807) is 12.1 Å². The molecular formula is C12H13BrO3. The van der Waals surface area contributed by atoms with Crippen LogP contribution in [0.2, 0.25) is 0 Å². The van der Waals surface area contributed by atoms with Crippen molar-refractivity contribution in [3.8, 4) is 5.75 Å². The number of carbonyl (C=O) groups is 1. The molecule has 4 heteroatoms. The predicted octanol–water partition coefficient (Wildman–Crippen LogP) is 3.08. The van der Waals surface area contributed by atoms with Crippen molar-refractivity contribution >= 4 is 21.9 Å². The highest BCUT2D eigenvalue weighted by Gasteiger charge is 2.30. The Morgan fingerprint density at radius 2 is 2.06 bits per heavy atom. The van der Waals surface area contributed by atoms with E-state index in [1.165, 1.54) is 0 Å². The Labute approximate surface area is 103 Å². The maximum Gasteiger partial charge on any atom is 0.344 e. The van der Waals surface area contributed by atoms with E-state index in [4.69, 9.17) is 9.84 Å². The summed E-state index contributed by atoms with van der Waals surface area (Å²) in [7, 11) is 0. The first-order valence-electron chi connectivity index (χ1n) is 5.30. The van der Waals surface area contributed by atoms with Crippen molar-refractivity contribution in [2.24, 2.45) is 5.92 Å². The lowest BCUT2D eigenvalue weighted by atomic mass is 10.2. The fourth-order valence-corrected chi connectivity index (χ4v) is 1.80. The Hall–Kier alpha value is -1.03. The molecule has 1 aromatic carbocycles. The molecule has 1 fully saturated rings. The molecule has 1 aromatic rings. The number of carboxylic acids is 1. The maximum absolute atomic E-state index is 11.0. The first-order chi connectivity index (χ1) is 7.65. The third-order valence-electron chi connectivity index (χ3n) is 2.61. The summed E-state index contributed by atoms with van der Waals surface area (Å²) in [5, 5.41) is 9.03. The van der Waals surface area contributed by atoms with E-state index in [0.29, 0.717) is 18.1 Å². The van der Waals surface area contributed by atoms with Crippen molar-refractivity contribution in [1.29, 1.82) is 0 Å². The van der Waals surface area contributed by atoms with Crippen molar-refractivity contribution in [2.75, 3.05) is 0 Å². The minimum Gasteiger partial charge on any atom is -0.479 e. The van der Waals surface area contributed by atoms with E-state index >= 15 is 0 Å². The van der Waals surface area contributed by atoms with Gasteiger partial charge < -0.3 is 9.84 Å². The summed E-state index contributed by atoms with van der Waals surface area (Å²) in [6.07, 6.45) is 2.17. The molecule has 86 valence electrons. The molecule has 0 heterocycles. The molecule has 1 N–H and O–H groups in total. The lowest BCUT2D eigenvalue weighted by Crippen LogP contribution is -2.27. The minimum absolute atomic E-state index is 0.538. The Kier molecular flexibility index (Phi) is 3.49. The number of hydrogen-bond donors (Lipinski definition) is 1. The van der Waals surface area contributed by atoms with Gasteiger partial charge >= 0.3 is 5.97 Å².